The number of ether oxygens (including phenoxy) is 2. The SMILES string of the molecule is O=C(Cc1ccc(OC(F)F)cc1)OCc1coc(-c2cccs2)n1. The first-order valence-electron chi connectivity index (χ1n) is 7.28. The molecule has 25 heavy (non-hydrogen) atoms. The third-order valence-corrected chi connectivity index (χ3v) is 4.02. The largest absolute Gasteiger partial charge is 0.459 e. The first-order chi connectivity index (χ1) is 12.1. The topological polar surface area (TPSA) is 61.6 Å². The van der Waals surface area contributed by atoms with Crippen molar-refractivity contribution in [1.29, 1.82) is 0 Å². The minimum atomic E-state index is -2.88. The van der Waals surface area contributed by atoms with E-state index >= 15 is 0 Å². The van der Waals surface area contributed by atoms with Gasteiger partial charge < -0.3 is 13.9 Å². The normalized spacial score (nSPS) is 10.8. The number of thiophene rings is 1. The van der Waals surface area contributed by atoms with Crippen LogP contribution < -0.4 is 4.74 Å². The number of nitrogens with zero attached hydrogens (tertiary/aromatic N) is 1. The summed E-state index contributed by atoms with van der Waals surface area (Å²) in [6.07, 6.45) is 1.46. The summed E-state index contributed by atoms with van der Waals surface area (Å²) in [4.78, 5) is 17.0. The summed E-state index contributed by atoms with van der Waals surface area (Å²) in [7, 11) is 0. The van der Waals surface area contributed by atoms with Crippen molar-refractivity contribution < 1.29 is 27.5 Å². The van der Waals surface area contributed by atoms with Gasteiger partial charge in [0.05, 0.1) is 11.3 Å². The van der Waals surface area contributed by atoms with Gasteiger partial charge in [-0.2, -0.15) is 8.78 Å². The van der Waals surface area contributed by atoms with Crippen LogP contribution in [0.1, 0.15) is 11.3 Å². The molecule has 0 fully saturated rings. The lowest BCUT2D eigenvalue weighted by Crippen LogP contribution is -2.08. The van der Waals surface area contributed by atoms with Crippen molar-refractivity contribution in [3.63, 3.8) is 0 Å². The number of oxazole rings is 1. The minimum Gasteiger partial charge on any atom is -0.459 e. The molecule has 0 saturated carbocycles. The van der Waals surface area contributed by atoms with Gasteiger partial charge in [0.25, 0.3) is 0 Å². The Morgan fingerprint density at radius 2 is 2.04 bits per heavy atom. The molecule has 0 atom stereocenters. The maximum absolute atomic E-state index is 12.1. The predicted octanol–water partition coefficient (Wildman–Crippen LogP) is 4.29. The van der Waals surface area contributed by atoms with Gasteiger partial charge >= 0.3 is 12.6 Å². The fourth-order valence-electron chi connectivity index (χ4n) is 2.05. The Hall–Kier alpha value is -2.74. The van der Waals surface area contributed by atoms with Gasteiger partial charge in [0.15, 0.2) is 0 Å². The standard InChI is InChI=1S/C17H13F2NO4S/c18-17(19)24-13-5-3-11(4-6-13)8-15(21)22-9-12-10-23-16(20-12)14-2-1-7-25-14/h1-7,10,17H,8-9H2. The Morgan fingerprint density at radius 3 is 2.72 bits per heavy atom. The van der Waals surface area contributed by atoms with E-state index in [0.29, 0.717) is 17.1 Å². The van der Waals surface area contributed by atoms with Crippen molar-refractivity contribution in [3.05, 3.63) is 59.3 Å². The Morgan fingerprint density at radius 1 is 1.24 bits per heavy atom. The number of alkyl halides is 2. The van der Waals surface area contributed by atoms with Crippen LogP contribution in [0.25, 0.3) is 10.8 Å². The summed E-state index contributed by atoms with van der Waals surface area (Å²) in [6.45, 7) is -2.88. The van der Waals surface area contributed by atoms with E-state index in [1.807, 2.05) is 17.5 Å². The van der Waals surface area contributed by atoms with Gasteiger partial charge in [-0.05, 0) is 29.1 Å². The van der Waals surface area contributed by atoms with Crippen molar-refractivity contribution >= 4 is 17.3 Å². The highest BCUT2D eigenvalue weighted by Gasteiger charge is 2.11. The molecule has 0 N–H and O–H groups in total. The van der Waals surface area contributed by atoms with Crippen molar-refractivity contribution in [2.75, 3.05) is 0 Å². The zero-order chi connectivity index (χ0) is 17.6. The fraction of sp³-hybridized carbons (Fsp3) is 0.176. The molecule has 2 heterocycles. The molecule has 0 radical (unpaired) electrons. The number of hydrogen-bond acceptors (Lipinski definition) is 6. The van der Waals surface area contributed by atoms with Gasteiger partial charge in [-0.25, -0.2) is 4.98 Å². The van der Waals surface area contributed by atoms with Gasteiger partial charge in [-0.1, -0.05) is 18.2 Å². The van der Waals surface area contributed by atoms with E-state index in [1.165, 1.54) is 41.9 Å². The van der Waals surface area contributed by atoms with Crippen LogP contribution in [0.3, 0.4) is 0 Å². The molecule has 5 nitrogen and oxygen atoms in total. The monoisotopic (exact) mass is 365 g/mol. The van der Waals surface area contributed by atoms with Crippen molar-refractivity contribution in [2.45, 2.75) is 19.6 Å². The van der Waals surface area contributed by atoms with Gasteiger partial charge in [-0.3, -0.25) is 4.79 Å². The lowest BCUT2D eigenvalue weighted by atomic mass is 10.1. The van der Waals surface area contributed by atoms with E-state index in [4.69, 9.17) is 9.15 Å². The summed E-state index contributed by atoms with van der Waals surface area (Å²) in [5, 5.41) is 1.91. The van der Waals surface area contributed by atoms with Gasteiger partial charge in [-0.15, -0.1) is 11.3 Å². The second kappa shape index (κ2) is 7.89. The summed E-state index contributed by atoms with van der Waals surface area (Å²) in [5.74, 6) is 0.0645. The average Bonchev–Trinajstić information content (AvgIpc) is 3.25. The van der Waals surface area contributed by atoms with E-state index in [2.05, 4.69) is 9.72 Å². The average molecular weight is 365 g/mol. The first kappa shape index (κ1) is 17.1. The second-order valence-electron chi connectivity index (χ2n) is 4.98. The molecular weight excluding hydrogens is 352 g/mol. The molecule has 3 aromatic rings. The molecule has 0 aliphatic carbocycles. The number of carbonyl (C=O) groups excluding carboxylic acids is 1. The van der Waals surface area contributed by atoms with Crippen LogP contribution in [0.2, 0.25) is 0 Å². The van der Waals surface area contributed by atoms with Crippen LogP contribution >= 0.6 is 11.3 Å². The van der Waals surface area contributed by atoms with Crippen LogP contribution in [-0.4, -0.2) is 17.6 Å². The molecule has 0 aliphatic heterocycles. The first-order valence-corrected chi connectivity index (χ1v) is 8.16. The molecule has 1 aromatic carbocycles. The van der Waals surface area contributed by atoms with E-state index in [1.54, 1.807) is 0 Å². The molecule has 0 spiro atoms. The number of hydrogen-bond donors (Lipinski definition) is 0. The van der Waals surface area contributed by atoms with E-state index in [0.717, 1.165) is 4.88 Å². The van der Waals surface area contributed by atoms with Gasteiger partial charge in [0.2, 0.25) is 5.89 Å². The molecule has 2 aromatic heterocycles. The number of esters is 1. The highest BCUT2D eigenvalue weighted by Crippen LogP contribution is 2.23. The zero-order valence-electron chi connectivity index (χ0n) is 12.9. The van der Waals surface area contributed by atoms with Crippen LogP contribution in [0.5, 0.6) is 5.75 Å². The van der Waals surface area contributed by atoms with Gasteiger partial charge in [0, 0.05) is 0 Å². The smallest absolute Gasteiger partial charge is 0.387 e. The number of carbonyl (C=O) groups is 1. The van der Waals surface area contributed by atoms with Crippen molar-refractivity contribution in [1.82, 2.24) is 4.98 Å². The van der Waals surface area contributed by atoms with E-state index in [9.17, 15) is 13.6 Å². The lowest BCUT2D eigenvalue weighted by molar-refractivity contribution is -0.144. The van der Waals surface area contributed by atoms with Crippen LogP contribution in [-0.2, 0) is 22.6 Å². The maximum atomic E-state index is 12.1. The number of rotatable bonds is 7. The molecule has 8 heteroatoms. The van der Waals surface area contributed by atoms with Crippen molar-refractivity contribution in [2.24, 2.45) is 0 Å². The van der Waals surface area contributed by atoms with E-state index in [-0.39, 0.29) is 18.8 Å². The summed E-state index contributed by atoms with van der Waals surface area (Å²) < 4.78 is 38.9. The van der Waals surface area contributed by atoms with Crippen molar-refractivity contribution in [3.8, 4) is 16.5 Å². The molecule has 0 aliphatic rings. The minimum absolute atomic E-state index is 0.000283. The Kier molecular flexibility index (Phi) is 5.39. The summed E-state index contributed by atoms with van der Waals surface area (Å²) in [6, 6.07) is 9.59. The molecule has 0 saturated heterocycles. The molecule has 130 valence electrons. The predicted molar refractivity (Wildman–Crippen MR) is 86.4 cm³/mol. The van der Waals surface area contributed by atoms with Crippen LogP contribution in [0.15, 0.2) is 52.5 Å². The molecule has 0 unspecified atom stereocenters. The zero-order valence-corrected chi connectivity index (χ0v) is 13.7. The molecule has 0 amide bonds. The maximum Gasteiger partial charge on any atom is 0.387 e. The third kappa shape index (κ3) is 4.87. The Balaban J connectivity index is 1.49. The summed E-state index contributed by atoms with van der Waals surface area (Å²) >= 11 is 1.50. The highest BCUT2D eigenvalue weighted by molar-refractivity contribution is 7.13. The fourth-order valence-corrected chi connectivity index (χ4v) is 2.70. The van der Waals surface area contributed by atoms with Crippen LogP contribution in [0, 0.1) is 0 Å². The van der Waals surface area contributed by atoms with Crippen LogP contribution in [0.4, 0.5) is 8.78 Å². The Bertz CT molecular complexity index is 816. The highest BCUT2D eigenvalue weighted by atomic mass is 32.1. The Labute approximate surface area is 145 Å². The quantitative estimate of drug-likeness (QED) is 0.585. The second-order valence-corrected chi connectivity index (χ2v) is 5.93. The number of aromatic nitrogens is 1. The van der Waals surface area contributed by atoms with Gasteiger partial charge in [0.1, 0.15) is 24.3 Å². The summed E-state index contributed by atoms with van der Waals surface area (Å²) in [5.41, 5.74) is 1.14. The third-order valence-electron chi connectivity index (χ3n) is 3.16. The molecular formula is C17H13F2NO4S. The van der Waals surface area contributed by atoms with E-state index < -0.39 is 12.6 Å². The number of benzene rings is 1. The lowest BCUT2D eigenvalue weighted by Gasteiger charge is -2.06. The molecule has 3 rings (SSSR count). The number of halogens is 2. The molecule has 0 bridgehead atoms.